The van der Waals surface area contributed by atoms with Gasteiger partial charge in [0.2, 0.25) is 0 Å². The molecule has 1 aliphatic rings. The van der Waals surface area contributed by atoms with Gasteiger partial charge in [0.25, 0.3) is 0 Å². The highest BCUT2D eigenvalue weighted by molar-refractivity contribution is 5.83. The molecule has 0 radical (unpaired) electrons. The molecule has 4 heteroatoms. The molecule has 0 saturated heterocycles. The molecule has 2 atom stereocenters. The maximum Gasteiger partial charge on any atom is 0.123 e. The molecule has 0 fully saturated rings. The van der Waals surface area contributed by atoms with Crippen LogP contribution in [0.5, 0.6) is 0 Å². The quantitative estimate of drug-likeness (QED) is 0.633. The van der Waals surface area contributed by atoms with Gasteiger partial charge in [-0.1, -0.05) is 0 Å². The maximum atomic E-state index is 9.60. The molecule has 4 N–H and O–H groups in total. The molecule has 3 rings (SSSR count). The zero-order chi connectivity index (χ0) is 12.0. The van der Waals surface area contributed by atoms with E-state index < -0.39 is 12.2 Å². The lowest BCUT2D eigenvalue weighted by Gasteiger charge is -2.34. The number of hydrogen-bond donors (Lipinski definition) is 4. The Balaban J connectivity index is 1.91. The van der Waals surface area contributed by atoms with E-state index in [2.05, 4.69) is 10.3 Å². The number of hydrogen-bond acceptors (Lipinski definition) is 3. The van der Waals surface area contributed by atoms with Crippen LogP contribution in [0.3, 0.4) is 0 Å². The third kappa shape index (κ3) is 1.53. The second kappa shape index (κ2) is 3.61. The van der Waals surface area contributed by atoms with Crippen molar-refractivity contribution in [3.8, 4) is 0 Å². The second-order valence-electron chi connectivity index (χ2n) is 4.39. The molecule has 1 aliphatic carbocycles. The molecule has 1 aromatic carbocycles. The number of aromatic amines is 1. The van der Waals surface area contributed by atoms with Crippen LogP contribution < -0.4 is 5.32 Å². The molecule has 0 saturated carbocycles. The highest BCUT2D eigenvalue weighted by atomic mass is 16.3. The zero-order valence-corrected chi connectivity index (χ0v) is 9.44. The lowest BCUT2D eigenvalue weighted by molar-refractivity contribution is 0.0387. The topological polar surface area (TPSA) is 68.3 Å². The molecule has 1 aromatic heterocycles. The Morgan fingerprint density at radius 2 is 2.00 bits per heavy atom. The molecular weight excluding hydrogens is 216 g/mol. The third-order valence-electron chi connectivity index (χ3n) is 3.30. The van der Waals surface area contributed by atoms with Gasteiger partial charge < -0.3 is 20.5 Å². The van der Waals surface area contributed by atoms with Crippen LogP contribution in [0, 0.1) is 0 Å². The second-order valence-corrected chi connectivity index (χ2v) is 4.39. The third-order valence-corrected chi connectivity index (χ3v) is 3.30. The number of fused-ring (bicyclic) bond motifs is 1. The molecule has 0 amide bonds. The first-order valence-corrected chi connectivity index (χ1v) is 5.58. The molecule has 2 unspecified atom stereocenters. The number of nitrogens with one attached hydrogen (secondary N) is 2. The number of aromatic nitrogens is 1. The van der Waals surface area contributed by atoms with E-state index in [1.165, 1.54) is 0 Å². The van der Waals surface area contributed by atoms with Gasteiger partial charge in [0.05, 0.1) is 0 Å². The first kappa shape index (κ1) is 10.4. The van der Waals surface area contributed by atoms with Gasteiger partial charge in [-0.25, -0.2) is 0 Å². The minimum absolute atomic E-state index is 0.701. The zero-order valence-electron chi connectivity index (χ0n) is 9.44. The van der Waals surface area contributed by atoms with Crippen molar-refractivity contribution in [1.82, 2.24) is 4.98 Å². The van der Waals surface area contributed by atoms with Crippen LogP contribution in [0.25, 0.3) is 10.9 Å². The summed E-state index contributed by atoms with van der Waals surface area (Å²) in [7, 11) is 0. The van der Waals surface area contributed by atoms with Crippen molar-refractivity contribution in [1.29, 1.82) is 0 Å². The number of aliphatic hydroxyl groups excluding tert-OH is 2. The van der Waals surface area contributed by atoms with Gasteiger partial charge in [0.1, 0.15) is 12.2 Å². The van der Waals surface area contributed by atoms with Gasteiger partial charge in [-0.15, -0.1) is 0 Å². The molecule has 0 spiro atoms. The van der Waals surface area contributed by atoms with Crippen molar-refractivity contribution < 1.29 is 10.2 Å². The van der Waals surface area contributed by atoms with Crippen LogP contribution in [0.15, 0.2) is 41.7 Å². The minimum Gasteiger partial charge on any atom is -0.386 e. The molecule has 17 heavy (non-hydrogen) atoms. The first-order chi connectivity index (χ1) is 8.16. The number of anilines is 1. The monoisotopic (exact) mass is 230 g/mol. The van der Waals surface area contributed by atoms with Crippen molar-refractivity contribution in [3.63, 3.8) is 0 Å². The minimum atomic E-state index is -0.795. The summed E-state index contributed by atoms with van der Waals surface area (Å²) in [5, 5.41) is 23.3. The van der Waals surface area contributed by atoms with Crippen molar-refractivity contribution in [2.24, 2.45) is 0 Å². The van der Waals surface area contributed by atoms with E-state index in [4.69, 9.17) is 0 Å². The van der Waals surface area contributed by atoms with E-state index in [0.29, 0.717) is 5.70 Å². The summed E-state index contributed by atoms with van der Waals surface area (Å²) < 4.78 is 0. The van der Waals surface area contributed by atoms with Crippen molar-refractivity contribution in [3.05, 3.63) is 41.7 Å². The summed E-state index contributed by atoms with van der Waals surface area (Å²) in [6.45, 7) is 1.81. The fourth-order valence-electron chi connectivity index (χ4n) is 2.15. The maximum absolute atomic E-state index is 9.60. The molecule has 88 valence electrons. The summed E-state index contributed by atoms with van der Waals surface area (Å²) in [5.74, 6) is 0. The van der Waals surface area contributed by atoms with Gasteiger partial charge >= 0.3 is 0 Å². The average molecular weight is 230 g/mol. The fourth-order valence-corrected chi connectivity index (χ4v) is 2.15. The number of rotatable bonds is 2. The molecule has 2 aromatic rings. The van der Waals surface area contributed by atoms with Crippen molar-refractivity contribution >= 4 is 16.6 Å². The van der Waals surface area contributed by atoms with Crippen LogP contribution in [0.2, 0.25) is 0 Å². The van der Waals surface area contributed by atoms with Crippen LogP contribution in [-0.4, -0.2) is 27.4 Å². The Hall–Kier alpha value is -1.78. The van der Waals surface area contributed by atoms with Crippen molar-refractivity contribution in [2.45, 2.75) is 19.1 Å². The van der Waals surface area contributed by atoms with Crippen LogP contribution >= 0.6 is 0 Å². The molecule has 4 nitrogen and oxygen atoms in total. The highest BCUT2D eigenvalue weighted by Crippen LogP contribution is 2.30. The van der Waals surface area contributed by atoms with Crippen molar-refractivity contribution in [2.75, 3.05) is 5.32 Å². The van der Waals surface area contributed by atoms with Gasteiger partial charge in [-0.2, -0.15) is 0 Å². The van der Waals surface area contributed by atoms with E-state index in [-0.39, 0.29) is 0 Å². The summed E-state index contributed by atoms with van der Waals surface area (Å²) >= 11 is 0. The normalized spacial score (nSPS) is 23.9. The van der Waals surface area contributed by atoms with Gasteiger partial charge in [-0.3, -0.25) is 0 Å². The largest absolute Gasteiger partial charge is 0.386 e. The Labute approximate surface area is 98.6 Å². The molecule has 0 aliphatic heterocycles. The van der Waals surface area contributed by atoms with E-state index in [1.807, 2.05) is 37.4 Å². The smallest absolute Gasteiger partial charge is 0.123 e. The van der Waals surface area contributed by atoms with E-state index in [9.17, 15) is 10.2 Å². The first-order valence-electron chi connectivity index (χ1n) is 5.58. The Kier molecular flexibility index (Phi) is 2.21. The Bertz CT molecular complexity index is 600. The average Bonchev–Trinajstić information content (AvgIpc) is 2.81. The lowest BCUT2D eigenvalue weighted by Crippen LogP contribution is -2.42. The van der Waals surface area contributed by atoms with Crippen LogP contribution in [-0.2, 0) is 0 Å². The van der Waals surface area contributed by atoms with E-state index >= 15 is 0 Å². The van der Waals surface area contributed by atoms with E-state index in [0.717, 1.165) is 22.2 Å². The summed E-state index contributed by atoms with van der Waals surface area (Å²) in [6.07, 6.45) is 0.367. The molecule has 0 bridgehead atoms. The Morgan fingerprint density at radius 3 is 2.76 bits per heavy atom. The van der Waals surface area contributed by atoms with Gasteiger partial charge in [0.15, 0.2) is 0 Å². The van der Waals surface area contributed by atoms with Gasteiger partial charge in [0, 0.05) is 28.5 Å². The standard InChI is InChI=1S/C13H14N2O2/c1-7-11(13(17)12(7)16)15-9-2-3-10-8(6-9)4-5-14-10/h2-6,12-17H,1H3. The fraction of sp³-hybridized carbons (Fsp3) is 0.231. The number of H-pyrrole nitrogens is 1. The predicted molar refractivity (Wildman–Crippen MR) is 66.6 cm³/mol. The summed E-state index contributed by atoms with van der Waals surface area (Å²) in [5.41, 5.74) is 3.49. The van der Waals surface area contributed by atoms with Crippen LogP contribution in [0.1, 0.15) is 6.92 Å². The number of benzene rings is 1. The summed E-state index contributed by atoms with van der Waals surface area (Å²) in [6, 6.07) is 7.92. The molecule has 1 heterocycles. The van der Waals surface area contributed by atoms with E-state index in [1.54, 1.807) is 0 Å². The molecular formula is C13H14N2O2. The number of aliphatic hydroxyl groups is 2. The highest BCUT2D eigenvalue weighted by Gasteiger charge is 2.35. The predicted octanol–water partition coefficient (Wildman–Crippen LogP) is 1.59. The Morgan fingerprint density at radius 1 is 1.18 bits per heavy atom. The lowest BCUT2D eigenvalue weighted by atomic mass is 9.88. The van der Waals surface area contributed by atoms with Crippen LogP contribution in [0.4, 0.5) is 5.69 Å². The SMILES string of the molecule is CC1=C(Nc2ccc3[nH]ccc3c2)C(O)C1O. The summed E-state index contributed by atoms with van der Waals surface area (Å²) in [4.78, 5) is 3.12. The van der Waals surface area contributed by atoms with Gasteiger partial charge in [-0.05, 0) is 36.8 Å².